The number of benzene rings is 1. The quantitative estimate of drug-likeness (QED) is 0.111. The van der Waals surface area contributed by atoms with Gasteiger partial charge in [0, 0.05) is 49.7 Å². The van der Waals surface area contributed by atoms with Crippen molar-refractivity contribution in [1.29, 1.82) is 0 Å². The molecule has 0 radical (unpaired) electrons. The van der Waals surface area contributed by atoms with E-state index in [1.54, 1.807) is 6.21 Å². The number of halogens is 3. The summed E-state index contributed by atoms with van der Waals surface area (Å²) in [6.45, 7) is 16.9. The van der Waals surface area contributed by atoms with Gasteiger partial charge in [0.15, 0.2) is 0 Å². The molecule has 1 aliphatic heterocycles. The van der Waals surface area contributed by atoms with Crippen LogP contribution >= 0.6 is 11.6 Å². The van der Waals surface area contributed by atoms with Gasteiger partial charge >= 0.3 is 0 Å². The lowest BCUT2D eigenvalue weighted by molar-refractivity contribution is 0.132. The first-order valence-electron chi connectivity index (χ1n) is 13.7. The minimum absolute atomic E-state index is 0.121. The summed E-state index contributed by atoms with van der Waals surface area (Å²) in [6, 6.07) is 3.00. The van der Waals surface area contributed by atoms with E-state index in [9.17, 15) is 8.78 Å². The Morgan fingerprint density at radius 2 is 1.89 bits per heavy atom. The second-order valence-corrected chi connectivity index (χ2v) is 11.0. The molecule has 1 aromatic carbocycles. The largest absolute Gasteiger partial charge is 0.374 e. The highest BCUT2D eigenvalue weighted by Crippen LogP contribution is 2.28. The van der Waals surface area contributed by atoms with Crippen molar-refractivity contribution in [3.8, 4) is 0 Å². The molecule has 1 fully saturated rings. The lowest BCUT2D eigenvalue weighted by Crippen LogP contribution is -2.45. The van der Waals surface area contributed by atoms with Crippen LogP contribution in [-0.2, 0) is 12.8 Å². The monoisotopic (exact) mass is 546 g/mol. The number of likely N-dealkylation sites (tertiary alicyclic amines) is 1. The summed E-state index contributed by atoms with van der Waals surface area (Å²) in [4.78, 5) is 10.1. The first kappa shape index (κ1) is 31.9. The molecule has 1 aromatic rings. The second-order valence-electron chi connectivity index (χ2n) is 10.6. The topological polar surface area (TPSA) is 40.0 Å². The zero-order valence-electron chi connectivity index (χ0n) is 23.3. The molecule has 4 nitrogen and oxygen atoms in total. The summed E-state index contributed by atoms with van der Waals surface area (Å²) in [6.07, 6.45) is 11.1. The highest BCUT2D eigenvalue weighted by Gasteiger charge is 2.28. The van der Waals surface area contributed by atoms with Gasteiger partial charge in [0.25, 0.3) is 0 Å². The van der Waals surface area contributed by atoms with Crippen molar-refractivity contribution in [3.63, 3.8) is 0 Å². The van der Waals surface area contributed by atoms with Crippen molar-refractivity contribution in [2.75, 3.05) is 33.2 Å². The van der Waals surface area contributed by atoms with Crippen LogP contribution in [0, 0.1) is 23.5 Å². The third-order valence-electron chi connectivity index (χ3n) is 7.19. The molecule has 1 unspecified atom stereocenters. The lowest BCUT2D eigenvalue weighted by atomic mass is 9.91. The fourth-order valence-corrected chi connectivity index (χ4v) is 4.96. The zero-order chi connectivity index (χ0) is 27.9. The number of hydrogen-bond acceptors (Lipinski definition) is 4. The van der Waals surface area contributed by atoms with Gasteiger partial charge in [-0.1, -0.05) is 36.6 Å². The zero-order valence-corrected chi connectivity index (χ0v) is 24.0. The van der Waals surface area contributed by atoms with E-state index in [1.165, 1.54) is 23.9 Å². The fourth-order valence-electron chi connectivity index (χ4n) is 4.82. The molecule has 0 bridgehead atoms. The smallest absolute Gasteiger partial charge is 0.129 e. The Labute approximate surface area is 233 Å². The Kier molecular flexibility index (Phi) is 14.5. The van der Waals surface area contributed by atoms with E-state index in [4.69, 9.17) is 11.6 Å². The van der Waals surface area contributed by atoms with Crippen molar-refractivity contribution >= 4 is 24.5 Å². The molecule has 0 amide bonds. The van der Waals surface area contributed by atoms with Gasteiger partial charge in [0.05, 0.1) is 5.03 Å². The Hall–Kier alpha value is -2.31. The first-order valence-corrected chi connectivity index (χ1v) is 14.1. The van der Waals surface area contributed by atoms with Gasteiger partial charge in [0.2, 0.25) is 0 Å². The van der Waals surface area contributed by atoms with E-state index in [0.29, 0.717) is 35.4 Å². The van der Waals surface area contributed by atoms with E-state index in [0.717, 1.165) is 70.3 Å². The van der Waals surface area contributed by atoms with E-state index in [-0.39, 0.29) is 12.0 Å². The summed E-state index contributed by atoms with van der Waals surface area (Å²) in [7, 11) is 1.95. The number of allylic oxidation sites excluding steroid dienone is 3. The van der Waals surface area contributed by atoms with Crippen LogP contribution < -0.4 is 5.32 Å². The Morgan fingerprint density at radius 3 is 2.53 bits per heavy atom. The Bertz CT molecular complexity index is 959. The average molecular weight is 547 g/mol. The number of aryl methyl sites for hydroxylation is 1. The molecule has 210 valence electrons. The van der Waals surface area contributed by atoms with Gasteiger partial charge in [-0.2, -0.15) is 0 Å². The van der Waals surface area contributed by atoms with Crippen molar-refractivity contribution in [3.05, 3.63) is 70.6 Å². The molecule has 0 saturated carbocycles. The maximum Gasteiger partial charge on any atom is 0.129 e. The number of nitrogens with zero attached hydrogens (tertiary/aromatic N) is 3. The predicted octanol–water partition coefficient (Wildman–Crippen LogP) is 7.49. The minimum atomic E-state index is -0.468. The van der Waals surface area contributed by atoms with Gasteiger partial charge < -0.3 is 10.2 Å². The highest BCUT2D eigenvalue weighted by atomic mass is 35.5. The molecule has 0 aromatic heterocycles. The van der Waals surface area contributed by atoms with E-state index in [2.05, 4.69) is 40.1 Å². The van der Waals surface area contributed by atoms with Crippen LogP contribution in [0.5, 0.6) is 0 Å². The average Bonchev–Trinajstić information content (AvgIpc) is 2.83. The molecule has 38 heavy (non-hydrogen) atoms. The maximum absolute atomic E-state index is 14.8. The van der Waals surface area contributed by atoms with E-state index < -0.39 is 11.6 Å². The molecule has 1 aliphatic rings. The van der Waals surface area contributed by atoms with E-state index in [1.807, 2.05) is 14.0 Å². The van der Waals surface area contributed by atoms with Crippen LogP contribution in [0.15, 0.2) is 57.8 Å². The molecule has 1 N–H and O–H groups in total. The lowest BCUT2D eigenvalue weighted by Gasteiger charge is -2.42. The maximum atomic E-state index is 14.8. The standard InChI is InChI=1S/C31H45ClF2N4/c1-23(2)10-11-27-21-38(22-27)24(3)16-29-30(33)17-26(18-31(29)34)9-7-6-8-25(12-14-35-4)13-15-37-20-28(32)19-36-5/h17-20,25,27,35H,1,3,5-16,21-22H2,2,4H3/b28-19+,37-20?. The van der Waals surface area contributed by atoms with Gasteiger partial charge in [-0.25, -0.2) is 8.78 Å². The van der Waals surface area contributed by atoms with E-state index >= 15 is 0 Å². The molecule has 1 saturated heterocycles. The molecule has 0 spiro atoms. The molecule has 2 rings (SSSR count). The predicted molar refractivity (Wildman–Crippen MR) is 159 cm³/mol. The number of rotatable bonds is 19. The number of hydrogen-bond donors (Lipinski definition) is 1. The molecule has 1 atom stereocenters. The normalized spacial score (nSPS) is 15.1. The van der Waals surface area contributed by atoms with Crippen LogP contribution in [-0.4, -0.2) is 51.1 Å². The number of nitrogens with one attached hydrogen (secondary N) is 1. The molecular formula is C31H45ClF2N4. The first-order chi connectivity index (χ1) is 18.2. The third-order valence-corrected chi connectivity index (χ3v) is 7.39. The number of unbranched alkanes of at least 4 members (excludes halogenated alkanes) is 1. The van der Waals surface area contributed by atoms with Gasteiger partial charge in [-0.3, -0.25) is 9.98 Å². The Balaban J connectivity index is 1.78. The Morgan fingerprint density at radius 1 is 1.18 bits per heavy atom. The summed E-state index contributed by atoms with van der Waals surface area (Å²) in [5.41, 5.74) is 2.82. The van der Waals surface area contributed by atoms with Crippen LogP contribution in [0.4, 0.5) is 8.78 Å². The third kappa shape index (κ3) is 11.6. The van der Waals surface area contributed by atoms with Crippen LogP contribution in [0.25, 0.3) is 0 Å². The summed E-state index contributed by atoms with van der Waals surface area (Å²) >= 11 is 5.95. The molecule has 0 aliphatic carbocycles. The number of aliphatic imine (C=N–C) groups is 2. The van der Waals surface area contributed by atoms with Gasteiger partial charge in [0.1, 0.15) is 11.6 Å². The van der Waals surface area contributed by atoms with Crippen molar-refractivity contribution in [2.24, 2.45) is 21.8 Å². The van der Waals surface area contributed by atoms with Gasteiger partial charge in [-0.15, -0.1) is 6.58 Å². The molecule has 7 heteroatoms. The van der Waals surface area contributed by atoms with Crippen LogP contribution in [0.3, 0.4) is 0 Å². The summed E-state index contributed by atoms with van der Waals surface area (Å²) in [5.74, 6) is 0.208. The van der Waals surface area contributed by atoms with Gasteiger partial charge in [-0.05, 0) is 95.3 Å². The van der Waals surface area contributed by atoms with Crippen molar-refractivity contribution < 1.29 is 8.78 Å². The molecule has 1 heterocycles. The summed E-state index contributed by atoms with van der Waals surface area (Å²) < 4.78 is 29.7. The van der Waals surface area contributed by atoms with Crippen LogP contribution in [0.2, 0.25) is 0 Å². The SMILES string of the molecule is C=N/C=C(/Cl)C=NCCC(CCCCc1cc(F)c(CC(=C)N2CC(CCC(=C)C)C2)c(F)c1)CCNC. The van der Waals surface area contributed by atoms with Crippen molar-refractivity contribution in [1.82, 2.24) is 10.2 Å². The highest BCUT2D eigenvalue weighted by molar-refractivity contribution is 6.39. The summed E-state index contributed by atoms with van der Waals surface area (Å²) in [5, 5.41) is 3.68. The molecular weight excluding hydrogens is 502 g/mol. The minimum Gasteiger partial charge on any atom is -0.374 e. The fraction of sp³-hybridized carbons (Fsp3) is 0.548. The van der Waals surface area contributed by atoms with Crippen molar-refractivity contribution in [2.45, 2.75) is 64.7 Å². The second kappa shape index (κ2) is 17.3. The van der Waals surface area contributed by atoms with Crippen LogP contribution in [0.1, 0.15) is 63.0 Å².